The molecular formula is CH2N2O2SSe-. The van der Waals surface area contributed by atoms with Crippen LogP contribution in [0.5, 0.6) is 0 Å². The summed E-state index contributed by atoms with van der Waals surface area (Å²) >= 11 is -0.208. The van der Waals surface area contributed by atoms with Crippen molar-refractivity contribution >= 4 is 32.0 Å². The van der Waals surface area contributed by atoms with Crippen LogP contribution in [0.4, 0.5) is 0 Å². The normalized spacial score (nSPS) is 16.4. The van der Waals surface area contributed by atoms with E-state index in [0.717, 1.165) is 0 Å². The van der Waals surface area contributed by atoms with Gasteiger partial charge in [0.2, 0.25) is 0 Å². The average molecular weight is 185 g/mol. The van der Waals surface area contributed by atoms with Gasteiger partial charge in [-0.15, -0.1) is 0 Å². The third-order valence-corrected chi connectivity index (χ3v) is 0.963. The van der Waals surface area contributed by atoms with Gasteiger partial charge in [0.15, 0.2) is 0 Å². The molecule has 0 aromatic rings. The predicted octanol–water partition coefficient (Wildman–Crippen LogP) is -1.74. The molecule has 0 aliphatic heterocycles. The predicted molar refractivity (Wildman–Crippen MR) is 26.3 cm³/mol. The molecule has 0 heterocycles. The van der Waals surface area contributed by atoms with Gasteiger partial charge in [0.1, 0.15) is 0 Å². The van der Waals surface area contributed by atoms with Gasteiger partial charge in [0.25, 0.3) is 0 Å². The van der Waals surface area contributed by atoms with Gasteiger partial charge in [-0.1, -0.05) is 0 Å². The van der Waals surface area contributed by atoms with Crippen LogP contribution in [0, 0.1) is 0 Å². The molecule has 0 amide bonds. The second-order valence-electron chi connectivity index (χ2n) is 0.647. The SMILES string of the molecule is NC([Se])=NS(=O)[O-]. The van der Waals surface area contributed by atoms with E-state index < -0.39 is 11.3 Å². The minimum absolute atomic E-state index is 0.0756. The Bertz CT molecular complexity index is 108. The van der Waals surface area contributed by atoms with Crippen LogP contribution in [0.3, 0.4) is 0 Å². The number of hydrogen-bond acceptors (Lipinski definition) is 2. The first-order valence-corrected chi connectivity index (χ1v) is 3.12. The third kappa shape index (κ3) is 6.10. The minimum atomic E-state index is -2.41. The molecule has 6 heteroatoms. The van der Waals surface area contributed by atoms with Crippen LogP contribution >= 0.6 is 0 Å². The molecule has 7 heavy (non-hydrogen) atoms. The average Bonchev–Trinajstić information content (AvgIpc) is 1.27. The summed E-state index contributed by atoms with van der Waals surface area (Å²) in [6, 6.07) is 0. The van der Waals surface area contributed by atoms with E-state index >= 15 is 0 Å². The fraction of sp³-hybridized carbons (Fsp3) is 0. The van der Waals surface area contributed by atoms with Crippen LogP contribution < -0.4 is 5.73 Å². The van der Waals surface area contributed by atoms with Crippen LogP contribution in [0.25, 0.3) is 0 Å². The van der Waals surface area contributed by atoms with Crippen molar-refractivity contribution in [1.82, 2.24) is 0 Å². The summed E-state index contributed by atoms with van der Waals surface area (Å²) in [4.78, 5) is 0. The molecule has 0 fully saturated rings. The first kappa shape index (κ1) is 7.10. The first-order chi connectivity index (χ1) is 3.13. The Morgan fingerprint density at radius 1 is 2.00 bits per heavy atom. The molecule has 0 aromatic heterocycles. The molecule has 0 saturated heterocycles. The van der Waals surface area contributed by atoms with Gasteiger partial charge < -0.3 is 0 Å². The molecule has 0 spiro atoms. The molecule has 0 aromatic carbocycles. The van der Waals surface area contributed by atoms with E-state index in [4.69, 9.17) is 5.73 Å². The Hall–Kier alpha value is 0.0995. The fourth-order valence-corrected chi connectivity index (χ4v) is 0.603. The zero-order valence-electron chi connectivity index (χ0n) is 3.16. The van der Waals surface area contributed by atoms with E-state index in [1.54, 1.807) is 0 Å². The quantitative estimate of drug-likeness (QED) is 0.228. The van der Waals surface area contributed by atoms with Crippen molar-refractivity contribution in [3.8, 4) is 0 Å². The molecule has 2 N–H and O–H groups in total. The first-order valence-electron chi connectivity index (χ1n) is 1.23. The zero-order valence-corrected chi connectivity index (χ0v) is 5.69. The molecule has 0 saturated carbocycles. The van der Waals surface area contributed by atoms with Crippen molar-refractivity contribution in [3.05, 3.63) is 0 Å². The van der Waals surface area contributed by atoms with Gasteiger partial charge in [0, 0.05) is 0 Å². The van der Waals surface area contributed by atoms with Gasteiger partial charge in [0.05, 0.1) is 0 Å². The van der Waals surface area contributed by atoms with E-state index in [1.807, 2.05) is 0 Å². The van der Waals surface area contributed by atoms with Gasteiger partial charge in [-0.2, -0.15) is 0 Å². The van der Waals surface area contributed by atoms with Crippen LogP contribution in [0.15, 0.2) is 4.40 Å². The van der Waals surface area contributed by atoms with Gasteiger partial charge in [-0.3, -0.25) is 0 Å². The molecule has 0 aliphatic rings. The van der Waals surface area contributed by atoms with Crippen molar-refractivity contribution in [2.75, 3.05) is 0 Å². The molecule has 41 valence electrons. The molecule has 4 nitrogen and oxygen atoms in total. The van der Waals surface area contributed by atoms with Crippen LogP contribution in [0.1, 0.15) is 0 Å². The Labute approximate surface area is 51.4 Å². The second-order valence-corrected chi connectivity index (χ2v) is 2.14. The molecule has 1 unspecified atom stereocenters. The standard InChI is InChI=1S/CH3N2O2SSe/c2-1(7)3-6(4)5/h(H2,2,3)(H,4,5)/p-1. The molecule has 0 aliphatic carbocycles. The Morgan fingerprint density at radius 3 is 2.43 bits per heavy atom. The summed E-state index contributed by atoms with van der Waals surface area (Å²) in [6.07, 6.45) is 0. The molecule has 0 rings (SSSR count). The summed E-state index contributed by atoms with van der Waals surface area (Å²) in [5, 5.41) is 0. The third-order valence-electron chi connectivity index (χ3n) is 0.165. The second kappa shape index (κ2) is 3.15. The van der Waals surface area contributed by atoms with Crippen molar-refractivity contribution in [2.45, 2.75) is 0 Å². The summed E-state index contributed by atoms with van der Waals surface area (Å²) in [6.45, 7) is 0. The van der Waals surface area contributed by atoms with Crippen molar-refractivity contribution in [3.63, 3.8) is 0 Å². The zero-order chi connectivity index (χ0) is 5.86. The molecular weight excluding hydrogens is 183 g/mol. The summed E-state index contributed by atoms with van der Waals surface area (Å²) in [7, 11) is 0. The summed E-state index contributed by atoms with van der Waals surface area (Å²) in [5.41, 5.74) is 4.79. The Morgan fingerprint density at radius 2 is 2.43 bits per heavy atom. The van der Waals surface area contributed by atoms with Crippen molar-refractivity contribution in [2.24, 2.45) is 10.1 Å². The van der Waals surface area contributed by atoms with E-state index in [0.29, 0.717) is 0 Å². The maximum atomic E-state index is 9.52. The number of nitrogens with zero attached hydrogens (tertiary/aromatic N) is 1. The number of amidine groups is 1. The number of rotatable bonds is 1. The van der Waals surface area contributed by atoms with Crippen LogP contribution in [-0.2, 0) is 11.3 Å². The number of hydrogen-bond donors (Lipinski definition) is 1. The van der Waals surface area contributed by atoms with Crippen LogP contribution in [-0.4, -0.2) is 29.5 Å². The Kier molecular flexibility index (Phi) is 3.19. The maximum absolute atomic E-state index is 9.52. The van der Waals surface area contributed by atoms with Gasteiger partial charge >= 0.3 is 50.9 Å². The van der Waals surface area contributed by atoms with Crippen molar-refractivity contribution in [1.29, 1.82) is 0 Å². The topological polar surface area (TPSA) is 78.5 Å². The molecule has 1 radical (unpaired) electrons. The Balaban J connectivity index is 3.68. The van der Waals surface area contributed by atoms with Crippen LogP contribution in [0.2, 0.25) is 0 Å². The van der Waals surface area contributed by atoms with Gasteiger partial charge in [-0.05, 0) is 0 Å². The number of nitrogens with two attached hydrogens (primary N) is 1. The van der Waals surface area contributed by atoms with Gasteiger partial charge in [-0.25, -0.2) is 0 Å². The molecule has 0 bridgehead atoms. The monoisotopic (exact) mass is 186 g/mol. The van der Waals surface area contributed by atoms with E-state index in [9.17, 15) is 8.76 Å². The molecule has 1 atom stereocenters. The fourth-order valence-electron chi connectivity index (χ4n) is 0.0735. The van der Waals surface area contributed by atoms with Crippen molar-refractivity contribution < 1.29 is 8.76 Å². The summed E-state index contributed by atoms with van der Waals surface area (Å²) < 4.78 is 21.8. The van der Waals surface area contributed by atoms with E-state index in [2.05, 4.69) is 20.4 Å². The summed E-state index contributed by atoms with van der Waals surface area (Å²) in [5.74, 6) is 0. The van der Waals surface area contributed by atoms with E-state index in [-0.39, 0.29) is 4.73 Å². The van der Waals surface area contributed by atoms with E-state index in [1.165, 1.54) is 0 Å².